The minimum atomic E-state index is -2.45. The Morgan fingerprint density at radius 3 is 1.83 bits per heavy atom. The van der Waals surface area contributed by atoms with Crippen molar-refractivity contribution >= 4 is 17.8 Å². The zero-order chi connectivity index (χ0) is 18.6. The van der Waals surface area contributed by atoms with Crippen LogP contribution in [-0.2, 0) is 14.4 Å². The molecule has 1 aromatic rings. The minimum absolute atomic E-state index is 0.897. The molecule has 6 nitrogen and oxygen atoms in total. The molecule has 0 spiro atoms. The summed E-state index contributed by atoms with van der Waals surface area (Å²) in [6, 6.07) is 0. The van der Waals surface area contributed by atoms with Crippen LogP contribution in [0.15, 0.2) is 0 Å². The van der Waals surface area contributed by atoms with Crippen molar-refractivity contribution in [1.29, 1.82) is 0 Å². The largest absolute Gasteiger partial charge is 0.417 e. The summed E-state index contributed by atoms with van der Waals surface area (Å²) in [5.74, 6) is -16.2. The molecule has 0 saturated heterocycles. The molecule has 0 aliphatic carbocycles. The Kier molecular flexibility index (Phi) is 5.83. The van der Waals surface area contributed by atoms with Gasteiger partial charge in [-0.25, -0.2) is 18.0 Å². The lowest BCUT2D eigenvalue weighted by Gasteiger charge is -2.17. The molecule has 0 heterocycles. The van der Waals surface area contributed by atoms with Crippen LogP contribution < -0.4 is 15.4 Å². The molecule has 1 aromatic carbocycles. The fourth-order valence-electron chi connectivity index (χ4n) is 1.36. The maximum absolute atomic E-state index is 13.4. The van der Waals surface area contributed by atoms with E-state index in [4.69, 9.17) is 6.42 Å². The van der Waals surface area contributed by atoms with Crippen LogP contribution in [0.25, 0.3) is 0 Å². The predicted octanol–water partition coefficient (Wildman–Crippen LogP) is 0.499. The van der Waals surface area contributed by atoms with Gasteiger partial charge in [-0.3, -0.25) is 9.59 Å². The second kappa shape index (κ2) is 7.40. The molecule has 1 unspecified atom stereocenters. The van der Waals surface area contributed by atoms with Gasteiger partial charge < -0.3 is 15.4 Å². The number of nitrogens with one attached hydrogen (secondary N) is 2. The highest BCUT2D eigenvalue weighted by molar-refractivity contribution is 5.96. The zero-order valence-electron chi connectivity index (χ0n) is 11.7. The summed E-state index contributed by atoms with van der Waals surface area (Å²) >= 11 is 0. The zero-order valence-corrected chi connectivity index (χ0v) is 11.7. The quantitative estimate of drug-likeness (QED) is 0.158. The molecule has 1 atom stereocenters. The first-order valence-corrected chi connectivity index (χ1v) is 5.87. The summed E-state index contributed by atoms with van der Waals surface area (Å²) in [6.07, 6.45) is 2.69. The summed E-state index contributed by atoms with van der Waals surface area (Å²) in [4.78, 5) is 33.7. The maximum atomic E-state index is 13.4. The van der Waals surface area contributed by atoms with E-state index >= 15 is 0 Å². The van der Waals surface area contributed by atoms with Crippen LogP contribution in [0.4, 0.5) is 22.0 Å². The van der Waals surface area contributed by atoms with Gasteiger partial charge in [0.15, 0.2) is 0 Å². The van der Waals surface area contributed by atoms with Crippen molar-refractivity contribution < 1.29 is 41.1 Å². The second-order valence-corrected chi connectivity index (χ2v) is 4.07. The van der Waals surface area contributed by atoms with Crippen molar-refractivity contribution in [2.45, 2.75) is 13.1 Å². The van der Waals surface area contributed by atoms with Crippen LogP contribution in [0.1, 0.15) is 6.92 Å². The molecule has 0 fully saturated rings. The molecule has 11 heteroatoms. The predicted molar refractivity (Wildman–Crippen MR) is 66.4 cm³/mol. The van der Waals surface area contributed by atoms with Gasteiger partial charge in [0.1, 0.15) is 0 Å². The lowest BCUT2D eigenvalue weighted by molar-refractivity contribution is -0.142. The number of hydrogen-bond donors (Lipinski definition) is 2. The van der Waals surface area contributed by atoms with E-state index in [2.05, 4.69) is 4.74 Å². The average molecular weight is 350 g/mol. The van der Waals surface area contributed by atoms with E-state index in [9.17, 15) is 36.3 Å². The molecule has 0 aromatic heterocycles. The molecule has 0 aliphatic heterocycles. The molecule has 0 saturated carbocycles. The summed E-state index contributed by atoms with van der Waals surface area (Å²) in [5.41, 5.74) is 0. The second-order valence-electron chi connectivity index (χ2n) is 4.07. The number of benzene rings is 1. The van der Waals surface area contributed by atoms with E-state index in [1.165, 1.54) is 5.92 Å². The lowest BCUT2D eigenvalue weighted by Crippen LogP contribution is -2.53. The molecule has 0 bridgehead atoms. The van der Waals surface area contributed by atoms with Gasteiger partial charge in [-0.2, -0.15) is 8.78 Å². The van der Waals surface area contributed by atoms with Crippen molar-refractivity contribution in [3.05, 3.63) is 29.1 Å². The Hall–Kier alpha value is -3.16. The summed E-state index contributed by atoms with van der Waals surface area (Å²) in [5, 5.41) is 3.51. The van der Waals surface area contributed by atoms with Crippen molar-refractivity contribution in [3.63, 3.8) is 0 Å². The number of carbonyl (C=O) groups excluding carboxylic acids is 3. The van der Waals surface area contributed by atoms with Crippen LogP contribution in [0, 0.1) is 41.4 Å². The Balaban J connectivity index is 3.18. The highest BCUT2D eigenvalue weighted by atomic mass is 19.2. The number of carbonyl (C=O) groups is 3. The number of hydrogen-bond acceptors (Lipinski definition) is 4. The van der Waals surface area contributed by atoms with Crippen LogP contribution in [0.2, 0.25) is 0 Å². The Labute approximate surface area is 131 Å². The minimum Gasteiger partial charge on any atom is -0.417 e. The van der Waals surface area contributed by atoms with Gasteiger partial charge >= 0.3 is 5.97 Å². The SMILES string of the molecule is C#CC(=O)NC(NC(C)=O)C(=O)Oc1c(F)c(F)c(F)c(F)c1F. The first-order valence-electron chi connectivity index (χ1n) is 5.87. The molecule has 24 heavy (non-hydrogen) atoms. The van der Waals surface area contributed by atoms with Crippen LogP contribution >= 0.6 is 0 Å². The van der Waals surface area contributed by atoms with Gasteiger partial charge in [-0.15, -0.1) is 6.42 Å². The Morgan fingerprint density at radius 2 is 1.42 bits per heavy atom. The molecule has 2 N–H and O–H groups in total. The molecule has 128 valence electrons. The Morgan fingerprint density at radius 1 is 0.958 bits per heavy atom. The third kappa shape index (κ3) is 3.97. The van der Waals surface area contributed by atoms with Crippen molar-refractivity contribution in [2.75, 3.05) is 0 Å². The van der Waals surface area contributed by atoms with Gasteiger partial charge in [0.25, 0.3) is 5.91 Å². The number of rotatable bonds is 4. The smallest absolute Gasteiger partial charge is 0.355 e. The van der Waals surface area contributed by atoms with E-state index in [-0.39, 0.29) is 0 Å². The molecular weight excluding hydrogens is 343 g/mol. The van der Waals surface area contributed by atoms with E-state index in [0.29, 0.717) is 0 Å². The summed E-state index contributed by atoms with van der Waals surface area (Å²) in [7, 11) is 0. The van der Waals surface area contributed by atoms with Gasteiger partial charge in [0.05, 0.1) is 0 Å². The number of esters is 1. The third-order valence-corrected chi connectivity index (χ3v) is 2.36. The van der Waals surface area contributed by atoms with Gasteiger partial charge in [0, 0.05) is 6.92 Å². The van der Waals surface area contributed by atoms with E-state index in [1.807, 2.05) is 0 Å². The molecular formula is C13H7F5N2O4. The normalized spacial score (nSPS) is 11.2. The van der Waals surface area contributed by atoms with Crippen LogP contribution in [0.5, 0.6) is 5.75 Å². The molecule has 0 aliphatic rings. The fourth-order valence-corrected chi connectivity index (χ4v) is 1.36. The Bertz CT molecular complexity index is 731. The first kappa shape index (κ1) is 18.9. The topological polar surface area (TPSA) is 84.5 Å². The van der Waals surface area contributed by atoms with Crippen molar-refractivity contribution in [3.8, 4) is 18.1 Å². The lowest BCUT2D eigenvalue weighted by atomic mass is 10.2. The van der Waals surface area contributed by atoms with Gasteiger partial charge in [0.2, 0.25) is 46.9 Å². The number of amides is 2. The monoisotopic (exact) mass is 350 g/mol. The van der Waals surface area contributed by atoms with E-state index < -0.39 is 58.8 Å². The van der Waals surface area contributed by atoms with E-state index in [1.54, 1.807) is 10.6 Å². The van der Waals surface area contributed by atoms with Crippen LogP contribution in [0.3, 0.4) is 0 Å². The first-order chi connectivity index (χ1) is 11.1. The van der Waals surface area contributed by atoms with Crippen LogP contribution in [-0.4, -0.2) is 23.9 Å². The van der Waals surface area contributed by atoms with Crippen molar-refractivity contribution in [1.82, 2.24) is 10.6 Å². The number of halogens is 5. The molecule has 2 amide bonds. The highest BCUT2D eigenvalue weighted by Gasteiger charge is 2.31. The fraction of sp³-hybridized carbons (Fsp3) is 0.154. The number of terminal acetylenes is 1. The molecule has 1 rings (SSSR count). The van der Waals surface area contributed by atoms with Gasteiger partial charge in [-0.1, -0.05) is 0 Å². The van der Waals surface area contributed by atoms with Gasteiger partial charge in [-0.05, 0) is 5.92 Å². The standard InChI is InChI=1S/C13H7F5N2O4/c1-3-5(22)20-12(19-4(2)21)13(23)24-11-9(17)7(15)6(14)8(16)10(11)18/h1,12H,2H3,(H,19,21)(H,20,22). The average Bonchev–Trinajstić information content (AvgIpc) is 2.53. The molecule has 0 radical (unpaired) electrons. The van der Waals surface area contributed by atoms with E-state index in [0.717, 1.165) is 6.92 Å². The third-order valence-electron chi connectivity index (χ3n) is 2.36. The summed E-state index contributed by atoms with van der Waals surface area (Å²) < 4.78 is 69.8. The number of ether oxygens (including phenoxy) is 1. The maximum Gasteiger partial charge on any atom is 0.355 e. The summed E-state index contributed by atoms with van der Waals surface area (Å²) in [6.45, 7) is 0.903. The highest BCUT2D eigenvalue weighted by Crippen LogP contribution is 2.29. The van der Waals surface area contributed by atoms with Crippen molar-refractivity contribution in [2.24, 2.45) is 0 Å².